The van der Waals surface area contributed by atoms with Gasteiger partial charge in [0.05, 0.1) is 10.6 Å². The van der Waals surface area contributed by atoms with Crippen molar-refractivity contribution in [3.8, 4) is 0 Å². The van der Waals surface area contributed by atoms with Crippen LogP contribution in [0.15, 0.2) is 29.2 Å². The minimum absolute atomic E-state index is 0.240. The standard InChI is InChI=1S/C13H11ClF3N3O2S/c1-7-5-8(2)19-12(18-7)20-23(21,22)11-6-9(13(15,16)17)3-4-10(11)14/h3-6H,1-2H3,(H,18,19,20). The zero-order valence-corrected chi connectivity index (χ0v) is 13.5. The SMILES string of the molecule is Cc1cc(C)nc(NS(=O)(=O)c2cc(C(F)(F)F)ccc2Cl)n1. The van der Waals surface area contributed by atoms with Crippen molar-refractivity contribution >= 4 is 27.6 Å². The number of alkyl halides is 3. The van der Waals surface area contributed by atoms with Gasteiger partial charge in [0.1, 0.15) is 4.90 Å². The van der Waals surface area contributed by atoms with Gasteiger partial charge in [-0.1, -0.05) is 11.6 Å². The predicted octanol–water partition coefficient (Wildman–Crippen LogP) is 3.57. The van der Waals surface area contributed by atoms with Crippen LogP contribution in [0.3, 0.4) is 0 Å². The highest BCUT2D eigenvalue weighted by atomic mass is 35.5. The van der Waals surface area contributed by atoms with Crippen molar-refractivity contribution in [2.45, 2.75) is 24.9 Å². The fraction of sp³-hybridized carbons (Fsp3) is 0.231. The van der Waals surface area contributed by atoms with E-state index in [2.05, 4.69) is 9.97 Å². The highest BCUT2D eigenvalue weighted by molar-refractivity contribution is 7.92. The van der Waals surface area contributed by atoms with E-state index >= 15 is 0 Å². The van der Waals surface area contributed by atoms with Crippen LogP contribution in [0, 0.1) is 13.8 Å². The van der Waals surface area contributed by atoms with Crippen LogP contribution in [0.1, 0.15) is 17.0 Å². The summed E-state index contributed by atoms with van der Waals surface area (Å²) in [6.07, 6.45) is -4.69. The van der Waals surface area contributed by atoms with Crippen LogP contribution in [0.2, 0.25) is 5.02 Å². The molecule has 124 valence electrons. The van der Waals surface area contributed by atoms with Crippen molar-refractivity contribution in [2.75, 3.05) is 4.72 Å². The van der Waals surface area contributed by atoms with E-state index in [1.165, 1.54) is 0 Å². The third-order valence-corrected chi connectivity index (χ3v) is 4.57. The average molecular weight is 366 g/mol. The van der Waals surface area contributed by atoms with Gasteiger partial charge in [0.25, 0.3) is 10.0 Å². The number of nitrogens with one attached hydrogen (secondary N) is 1. The number of anilines is 1. The van der Waals surface area contributed by atoms with Gasteiger partial charge in [-0.15, -0.1) is 0 Å². The van der Waals surface area contributed by atoms with E-state index in [1.54, 1.807) is 19.9 Å². The molecule has 0 aliphatic rings. The van der Waals surface area contributed by atoms with E-state index in [-0.39, 0.29) is 11.0 Å². The first kappa shape index (κ1) is 17.5. The molecule has 2 rings (SSSR count). The summed E-state index contributed by atoms with van der Waals surface area (Å²) in [6.45, 7) is 3.26. The number of rotatable bonds is 3. The maximum atomic E-state index is 12.7. The molecule has 1 aromatic heterocycles. The Balaban J connectivity index is 2.47. The first-order chi connectivity index (χ1) is 10.5. The van der Waals surface area contributed by atoms with Crippen molar-refractivity contribution in [3.05, 3.63) is 46.2 Å². The van der Waals surface area contributed by atoms with E-state index in [0.717, 1.165) is 6.07 Å². The zero-order chi connectivity index (χ0) is 17.4. The second-order valence-corrected chi connectivity index (χ2v) is 6.78. The molecule has 0 aliphatic heterocycles. The van der Waals surface area contributed by atoms with Gasteiger partial charge in [-0.2, -0.15) is 13.2 Å². The molecule has 0 bridgehead atoms. The summed E-state index contributed by atoms with van der Waals surface area (Å²) in [5.74, 6) is -0.240. The van der Waals surface area contributed by atoms with Gasteiger partial charge >= 0.3 is 6.18 Å². The third kappa shape index (κ3) is 4.11. The molecule has 10 heteroatoms. The maximum absolute atomic E-state index is 12.7. The lowest BCUT2D eigenvalue weighted by molar-refractivity contribution is -0.137. The molecule has 0 aliphatic carbocycles. The second-order valence-electron chi connectivity index (χ2n) is 4.72. The Labute approximate surface area is 135 Å². The highest BCUT2D eigenvalue weighted by Gasteiger charge is 2.33. The Kier molecular flexibility index (Phi) is 4.54. The first-order valence-corrected chi connectivity index (χ1v) is 8.07. The van der Waals surface area contributed by atoms with E-state index in [1.807, 2.05) is 4.72 Å². The molecule has 0 amide bonds. The van der Waals surface area contributed by atoms with Gasteiger partial charge in [-0.3, -0.25) is 0 Å². The van der Waals surface area contributed by atoms with Crippen molar-refractivity contribution < 1.29 is 21.6 Å². The van der Waals surface area contributed by atoms with Crippen LogP contribution in [-0.2, 0) is 16.2 Å². The summed E-state index contributed by atoms with van der Waals surface area (Å²) >= 11 is 5.73. The van der Waals surface area contributed by atoms with Crippen molar-refractivity contribution in [1.82, 2.24) is 9.97 Å². The van der Waals surface area contributed by atoms with Crippen LogP contribution < -0.4 is 4.72 Å². The molecule has 0 radical (unpaired) electrons. The molecule has 1 aromatic carbocycles. The molecule has 1 N–H and O–H groups in total. The molecule has 0 spiro atoms. The number of hydrogen-bond donors (Lipinski definition) is 1. The molecule has 0 unspecified atom stereocenters. The summed E-state index contributed by atoms with van der Waals surface area (Å²) in [4.78, 5) is 7.06. The largest absolute Gasteiger partial charge is 0.416 e. The van der Waals surface area contributed by atoms with Crippen molar-refractivity contribution in [3.63, 3.8) is 0 Å². The Morgan fingerprint density at radius 2 is 1.65 bits per heavy atom. The Morgan fingerprint density at radius 3 is 2.17 bits per heavy atom. The molecule has 0 fully saturated rings. The van der Waals surface area contributed by atoms with Crippen LogP contribution in [0.25, 0.3) is 0 Å². The lowest BCUT2D eigenvalue weighted by Crippen LogP contribution is -2.17. The molecule has 0 saturated carbocycles. The van der Waals surface area contributed by atoms with Gasteiger partial charge in [0.15, 0.2) is 0 Å². The van der Waals surface area contributed by atoms with E-state index < -0.39 is 26.7 Å². The molecular formula is C13H11ClF3N3O2S. The topological polar surface area (TPSA) is 72.0 Å². The number of benzene rings is 1. The second kappa shape index (κ2) is 5.97. The van der Waals surface area contributed by atoms with Crippen molar-refractivity contribution in [1.29, 1.82) is 0 Å². The van der Waals surface area contributed by atoms with Gasteiger partial charge in [0, 0.05) is 11.4 Å². The fourth-order valence-corrected chi connectivity index (χ4v) is 3.30. The lowest BCUT2D eigenvalue weighted by atomic mass is 10.2. The number of halogens is 4. The number of aryl methyl sites for hydroxylation is 2. The van der Waals surface area contributed by atoms with Crippen LogP contribution in [0.4, 0.5) is 19.1 Å². The monoisotopic (exact) mass is 365 g/mol. The van der Waals surface area contributed by atoms with E-state index in [9.17, 15) is 21.6 Å². The maximum Gasteiger partial charge on any atom is 0.416 e. The smallest absolute Gasteiger partial charge is 0.247 e. The summed E-state index contributed by atoms with van der Waals surface area (Å²) < 4.78 is 64.8. The molecule has 2 aromatic rings. The summed E-state index contributed by atoms with van der Waals surface area (Å²) in [5.41, 5.74) is -0.112. The van der Waals surface area contributed by atoms with Crippen LogP contribution in [0.5, 0.6) is 0 Å². The lowest BCUT2D eigenvalue weighted by Gasteiger charge is -2.12. The zero-order valence-electron chi connectivity index (χ0n) is 11.9. The minimum atomic E-state index is -4.69. The van der Waals surface area contributed by atoms with Gasteiger partial charge in [-0.05, 0) is 38.1 Å². The van der Waals surface area contributed by atoms with Crippen molar-refractivity contribution in [2.24, 2.45) is 0 Å². The van der Waals surface area contributed by atoms with Gasteiger partial charge in [-0.25, -0.2) is 23.1 Å². The average Bonchev–Trinajstić information content (AvgIpc) is 2.35. The Bertz CT molecular complexity index is 834. The fourth-order valence-electron chi connectivity index (χ4n) is 1.83. The van der Waals surface area contributed by atoms with Gasteiger partial charge < -0.3 is 0 Å². The third-order valence-electron chi connectivity index (χ3n) is 2.76. The number of hydrogen-bond acceptors (Lipinski definition) is 4. The molecule has 0 saturated heterocycles. The molecule has 5 nitrogen and oxygen atoms in total. The Morgan fingerprint density at radius 1 is 1.09 bits per heavy atom. The van der Waals surface area contributed by atoms with Gasteiger partial charge in [0.2, 0.25) is 5.95 Å². The van der Waals surface area contributed by atoms with Crippen LogP contribution >= 0.6 is 11.6 Å². The van der Waals surface area contributed by atoms with E-state index in [0.29, 0.717) is 23.5 Å². The normalized spacial score (nSPS) is 12.3. The number of aromatic nitrogens is 2. The Hall–Kier alpha value is -1.87. The molecule has 23 heavy (non-hydrogen) atoms. The van der Waals surface area contributed by atoms with E-state index in [4.69, 9.17) is 11.6 Å². The summed E-state index contributed by atoms with van der Waals surface area (Å²) in [6, 6.07) is 3.67. The van der Waals surface area contributed by atoms with Crippen LogP contribution in [-0.4, -0.2) is 18.4 Å². The highest BCUT2D eigenvalue weighted by Crippen LogP contribution is 2.33. The molecule has 0 atom stereocenters. The summed E-state index contributed by atoms with van der Waals surface area (Å²) in [5, 5.41) is -0.338. The first-order valence-electron chi connectivity index (χ1n) is 6.21. The number of sulfonamides is 1. The summed E-state index contributed by atoms with van der Waals surface area (Å²) in [7, 11) is -4.37. The predicted molar refractivity (Wildman–Crippen MR) is 78.8 cm³/mol. The minimum Gasteiger partial charge on any atom is -0.247 e. The molecule has 1 heterocycles. The quantitative estimate of drug-likeness (QED) is 0.902. The number of nitrogens with zero attached hydrogens (tertiary/aromatic N) is 2. The molecular weight excluding hydrogens is 355 g/mol.